The van der Waals surface area contributed by atoms with E-state index in [2.05, 4.69) is 16.6 Å². The van der Waals surface area contributed by atoms with E-state index in [1.165, 1.54) is 0 Å². The molecule has 1 rings (SSSR count). The summed E-state index contributed by atoms with van der Waals surface area (Å²) in [7, 11) is 0. The third-order valence-corrected chi connectivity index (χ3v) is 2.70. The molecule has 0 saturated carbocycles. The Labute approximate surface area is 85.6 Å². The van der Waals surface area contributed by atoms with Gasteiger partial charge in [0.25, 0.3) is 0 Å². The zero-order chi connectivity index (χ0) is 10.8. The average Bonchev–Trinajstić information content (AvgIpc) is 2.53. The van der Waals surface area contributed by atoms with Crippen LogP contribution in [0.2, 0.25) is 0 Å². The van der Waals surface area contributed by atoms with Gasteiger partial charge in [0, 0.05) is 6.54 Å². The van der Waals surface area contributed by atoms with Crippen LogP contribution in [-0.2, 0) is 4.79 Å². The third-order valence-electron chi connectivity index (χ3n) is 2.70. The van der Waals surface area contributed by atoms with Crippen LogP contribution in [0.1, 0.15) is 27.2 Å². The predicted molar refractivity (Wildman–Crippen MR) is 56.6 cm³/mol. The molecule has 1 aliphatic rings. The van der Waals surface area contributed by atoms with Gasteiger partial charge in [-0.3, -0.25) is 4.79 Å². The Hall–Kier alpha value is -1.01. The van der Waals surface area contributed by atoms with Crippen LogP contribution in [-0.4, -0.2) is 24.5 Å². The molecule has 1 atom stereocenters. The highest BCUT2D eigenvalue weighted by atomic mass is 16.2. The Morgan fingerprint density at radius 1 is 1.64 bits per heavy atom. The van der Waals surface area contributed by atoms with Crippen LogP contribution in [0.25, 0.3) is 0 Å². The minimum atomic E-state index is -0.553. The van der Waals surface area contributed by atoms with Gasteiger partial charge in [-0.15, -0.1) is 6.42 Å². The summed E-state index contributed by atoms with van der Waals surface area (Å²) in [5.74, 6) is 2.61. The van der Waals surface area contributed by atoms with Crippen molar-refractivity contribution in [2.45, 2.75) is 32.7 Å². The molecule has 2 N–H and O–H groups in total. The summed E-state index contributed by atoms with van der Waals surface area (Å²) in [6, 6.07) is 0. The van der Waals surface area contributed by atoms with Crippen LogP contribution < -0.4 is 10.6 Å². The van der Waals surface area contributed by atoms with E-state index in [0.717, 1.165) is 19.5 Å². The number of nitrogens with one attached hydrogen (secondary N) is 2. The van der Waals surface area contributed by atoms with Gasteiger partial charge in [0.2, 0.25) is 5.91 Å². The van der Waals surface area contributed by atoms with Crippen LogP contribution in [0.5, 0.6) is 0 Å². The van der Waals surface area contributed by atoms with Crippen molar-refractivity contribution in [3.05, 3.63) is 0 Å². The molecule has 3 nitrogen and oxygen atoms in total. The van der Waals surface area contributed by atoms with Gasteiger partial charge in [-0.2, -0.15) is 0 Å². The first kappa shape index (κ1) is 11.1. The van der Waals surface area contributed by atoms with Crippen molar-refractivity contribution in [3.8, 4) is 12.3 Å². The molecule has 0 aromatic rings. The van der Waals surface area contributed by atoms with Crippen molar-refractivity contribution < 1.29 is 4.79 Å². The van der Waals surface area contributed by atoms with E-state index >= 15 is 0 Å². The fourth-order valence-corrected chi connectivity index (χ4v) is 1.48. The van der Waals surface area contributed by atoms with Crippen molar-refractivity contribution in [2.24, 2.45) is 5.41 Å². The second-order valence-corrected chi connectivity index (χ2v) is 4.71. The highest BCUT2D eigenvalue weighted by Gasteiger charge is 2.38. The van der Waals surface area contributed by atoms with Crippen molar-refractivity contribution in [2.75, 3.05) is 13.1 Å². The summed E-state index contributed by atoms with van der Waals surface area (Å²) >= 11 is 0. The van der Waals surface area contributed by atoms with Crippen LogP contribution in [0, 0.1) is 17.8 Å². The SMILES string of the molecule is C#CC(C)(C)NC(=O)C1(C)CCNC1. The predicted octanol–water partition coefficient (Wildman–Crippen LogP) is 0.514. The van der Waals surface area contributed by atoms with Gasteiger partial charge in [0.1, 0.15) is 0 Å². The number of hydrogen-bond donors (Lipinski definition) is 2. The molecular formula is C11H18N2O. The van der Waals surface area contributed by atoms with E-state index in [9.17, 15) is 4.79 Å². The Morgan fingerprint density at radius 3 is 2.71 bits per heavy atom. The lowest BCUT2D eigenvalue weighted by Gasteiger charge is -2.27. The van der Waals surface area contributed by atoms with E-state index < -0.39 is 5.54 Å². The van der Waals surface area contributed by atoms with Crippen LogP contribution in [0.4, 0.5) is 0 Å². The second kappa shape index (κ2) is 3.62. The zero-order valence-electron chi connectivity index (χ0n) is 9.11. The smallest absolute Gasteiger partial charge is 0.228 e. The lowest BCUT2D eigenvalue weighted by molar-refractivity contribution is -0.130. The highest BCUT2D eigenvalue weighted by molar-refractivity contribution is 5.83. The highest BCUT2D eigenvalue weighted by Crippen LogP contribution is 2.25. The lowest BCUT2D eigenvalue weighted by Crippen LogP contribution is -2.49. The molecule has 1 aliphatic heterocycles. The van der Waals surface area contributed by atoms with Gasteiger partial charge in [-0.1, -0.05) is 5.92 Å². The minimum absolute atomic E-state index is 0.0467. The number of rotatable bonds is 2. The van der Waals surface area contributed by atoms with Gasteiger partial charge in [-0.05, 0) is 33.7 Å². The molecule has 0 radical (unpaired) electrons. The van der Waals surface area contributed by atoms with Gasteiger partial charge in [0.15, 0.2) is 0 Å². The summed E-state index contributed by atoms with van der Waals surface area (Å²) in [6.07, 6.45) is 6.19. The molecule has 1 unspecified atom stereocenters. The summed E-state index contributed by atoms with van der Waals surface area (Å²) in [5.41, 5.74) is -0.850. The van der Waals surface area contributed by atoms with Crippen molar-refractivity contribution in [1.29, 1.82) is 0 Å². The fraction of sp³-hybridized carbons (Fsp3) is 0.727. The first-order valence-corrected chi connectivity index (χ1v) is 4.91. The molecule has 0 bridgehead atoms. The Morgan fingerprint density at radius 2 is 2.29 bits per heavy atom. The molecule has 1 heterocycles. The summed E-state index contributed by atoms with van der Waals surface area (Å²) in [6.45, 7) is 7.27. The first-order chi connectivity index (χ1) is 6.40. The maximum Gasteiger partial charge on any atom is 0.228 e. The number of amides is 1. The largest absolute Gasteiger partial charge is 0.340 e. The molecule has 14 heavy (non-hydrogen) atoms. The zero-order valence-corrected chi connectivity index (χ0v) is 9.11. The van der Waals surface area contributed by atoms with Gasteiger partial charge < -0.3 is 10.6 Å². The van der Waals surface area contributed by atoms with E-state index in [0.29, 0.717) is 0 Å². The number of carbonyl (C=O) groups excluding carboxylic acids is 1. The molecule has 0 aromatic heterocycles. The van der Waals surface area contributed by atoms with E-state index in [-0.39, 0.29) is 11.3 Å². The quantitative estimate of drug-likeness (QED) is 0.629. The number of terminal acetylenes is 1. The maximum absolute atomic E-state index is 11.9. The van der Waals surface area contributed by atoms with Crippen LogP contribution in [0.15, 0.2) is 0 Å². The second-order valence-electron chi connectivity index (χ2n) is 4.71. The maximum atomic E-state index is 11.9. The topological polar surface area (TPSA) is 41.1 Å². The molecule has 3 heteroatoms. The van der Waals surface area contributed by atoms with Crippen molar-refractivity contribution in [1.82, 2.24) is 10.6 Å². The number of hydrogen-bond acceptors (Lipinski definition) is 2. The standard InChI is InChI=1S/C11H18N2O/c1-5-10(2,3)13-9(14)11(4)6-7-12-8-11/h1,12H,6-8H2,2-4H3,(H,13,14). The molecule has 1 saturated heterocycles. The molecule has 1 amide bonds. The van der Waals surface area contributed by atoms with Crippen molar-refractivity contribution in [3.63, 3.8) is 0 Å². The Balaban J connectivity index is 2.63. The Kier molecular flexibility index (Phi) is 2.86. The molecule has 0 aromatic carbocycles. The van der Waals surface area contributed by atoms with Gasteiger partial charge >= 0.3 is 0 Å². The summed E-state index contributed by atoms with van der Waals surface area (Å²) in [5, 5.41) is 6.06. The van der Waals surface area contributed by atoms with E-state index in [1.807, 2.05) is 20.8 Å². The molecule has 78 valence electrons. The summed E-state index contributed by atoms with van der Waals surface area (Å²) < 4.78 is 0. The average molecular weight is 194 g/mol. The lowest BCUT2D eigenvalue weighted by atomic mass is 9.87. The normalized spacial score (nSPS) is 27.0. The summed E-state index contributed by atoms with van der Waals surface area (Å²) in [4.78, 5) is 11.9. The number of carbonyl (C=O) groups is 1. The van der Waals surface area contributed by atoms with Gasteiger partial charge in [-0.25, -0.2) is 0 Å². The monoisotopic (exact) mass is 194 g/mol. The van der Waals surface area contributed by atoms with Crippen LogP contribution >= 0.6 is 0 Å². The minimum Gasteiger partial charge on any atom is -0.340 e. The van der Waals surface area contributed by atoms with E-state index in [1.54, 1.807) is 0 Å². The molecule has 0 spiro atoms. The molecular weight excluding hydrogens is 176 g/mol. The molecule has 0 aliphatic carbocycles. The van der Waals surface area contributed by atoms with Crippen LogP contribution in [0.3, 0.4) is 0 Å². The third kappa shape index (κ3) is 2.27. The van der Waals surface area contributed by atoms with E-state index in [4.69, 9.17) is 6.42 Å². The Bertz CT molecular complexity index is 270. The first-order valence-electron chi connectivity index (χ1n) is 4.91. The fourth-order valence-electron chi connectivity index (χ4n) is 1.48. The molecule has 1 fully saturated rings. The van der Waals surface area contributed by atoms with Gasteiger partial charge in [0.05, 0.1) is 11.0 Å². The van der Waals surface area contributed by atoms with Crippen molar-refractivity contribution >= 4 is 5.91 Å².